The van der Waals surface area contributed by atoms with Crippen molar-refractivity contribution in [1.82, 2.24) is 5.32 Å². The van der Waals surface area contributed by atoms with E-state index in [9.17, 15) is 9.59 Å². The molecule has 2 rings (SSSR count). The molecule has 0 radical (unpaired) electrons. The van der Waals surface area contributed by atoms with Gasteiger partial charge in [0.25, 0.3) is 0 Å². The van der Waals surface area contributed by atoms with Crippen LogP contribution in [0.1, 0.15) is 44.4 Å². The Morgan fingerprint density at radius 2 is 1.65 bits per heavy atom. The highest BCUT2D eigenvalue weighted by Crippen LogP contribution is 2.24. The van der Waals surface area contributed by atoms with Gasteiger partial charge in [0, 0.05) is 9.26 Å². The number of halogens is 1. The van der Waals surface area contributed by atoms with Gasteiger partial charge in [0.2, 0.25) is 5.91 Å². The Bertz CT molecular complexity index is 887. The quantitative estimate of drug-likeness (QED) is 0.467. The fraction of sp³-hybridized carbons (Fsp3) is 0.417. The molecule has 31 heavy (non-hydrogen) atoms. The Morgan fingerprint density at radius 3 is 2.19 bits per heavy atom. The van der Waals surface area contributed by atoms with Gasteiger partial charge in [-0.05, 0) is 93.0 Å². The molecular formula is C24H31IN2O4. The average Bonchev–Trinajstić information content (AvgIpc) is 2.66. The molecule has 2 amide bonds. The standard InChI is InChI=1S/C24H31IN2O4/c1-15-12-19(25)13-16(2)20(15)26-22(28)21(27-23(29)31-24(4,5)6)17(3)30-14-18-10-8-7-9-11-18/h7-13,17,21H,14H2,1-6H3,(H,26,28)(H,27,29)/t17-,21-/m1/s1. The highest BCUT2D eigenvalue weighted by Gasteiger charge is 2.30. The Labute approximate surface area is 198 Å². The van der Waals surface area contributed by atoms with Crippen LogP contribution in [-0.4, -0.2) is 29.7 Å². The summed E-state index contributed by atoms with van der Waals surface area (Å²) in [5, 5.41) is 5.64. The van der Waals surface area contributed by atoms with Crippen molar-refractivity contribution in [2.45, 2.75) is 65.9 Å². The third kappa shape index (κ3) is 8.14. The van der Waals surface area contributed by atoms with Gasteiger partial charge >= 0.3 is 6.09 Å². The van der Waals surface area contributed by atoms with Gasteiger partial charge in [0.05, 0.1) is 12.7 Å². The topological polar surface area (TPSA) is 76.7 Å². The highest BCUT2D eigenvalue weighted by molar-refractivity contribution is 14.1. The smallest absolute Gasteiger partial charge is 0.408 e. The first-order valence-electron chi connectivity index (χ1n) is 10.2. The molecule has 0 saturated heterocycles. The maximum Gasteiger partial charge on any atom is 0.408 e. The normalized spacial score (nSPS) is 13.3. The number of amides is 2. The number of hydrogen-bond acceptors (Lipinski definition) is 4. The SMILES string of the molecule is Cc1cc(I)cc(C)c1NC(=O)[C@H](NC(=O)OC(C)(C)C)[C@@H](C)OCc1ccccc1. The van der Waals surface area contributed by atoms with E-state index in [2.05, 4.69) is 33.2 Å². The summed E-state index contributed by atoms with van der Waals surface area (Å²) in [5.41, 5.74) is 2.94. The Balaban J connectivity index is 2.19. The molecule has 168 valence electrons. The lowest BCUT2D eigenvalue weighted by molar-refractivity contribution is -0.122. The number of carbonyl (C=O) groups excluding carboxylic acids is 2. The third-order valence-electron chi connectivity index (χ3n) is 4.53. The second-order valence-electron chi connectivity index (χ2n) is 8.53. The Morgan fingerprint density at radius 1 is 1.06 bits per heavy atom. The molecule has 0 saturated carbocycles. The lowest BCUT2D eigenvalue weighted by Gasteiger charge is -2.27. The largest absolute Gasteiger partial charge is 0.444 e. The molecule has 0 aliphatic rings. The van der Waals surface area contributed by atoms with Gasteiger partial charge in [0.15, 0.2) is 0 Å². The van der Waals surface area contributed by atoms with Gasteiger partial charge in [0.1, 0.15) is 11.6 Å². The molecule has 7 heteroatoms. The van der Waals surface area contributed by atoms with E-state index in [4.69, 9.17) is 9.47 Å². The van der Waals surface area contributed by atoms with E-state index in [1.54, 1.807) is 27.7 Å². The van der Waals surface area contributed by atoms with Gasteiger partial charge < -0.3 is 20.1 Å². The fourth-order valence-corrected chi connectivity index (χ4v) is 3.97. The molecule has 0 bridgehead atoms. The van der Waals surface area contributed by atoms with Crippen molar-refractivity contribution >= 4 is 40.3 Å². The zero-order chi connectivity index (χ0) is 23.2. The van der Waals surface area contributed by atoms with Crippen LogP contribution < -0.4 is 10.6 Å². The molecule has 0 aliphatic carbocycles. The van der Waals surface area contributed by atoms with Crippen LogP contribution >= 0.6 is 22.6 Å². The van der Waals surface area contributed by atoms with E-state index in [1.807, 2.05) is 56.3 Å². The molecule has 0 heterocycles. The molecule has 0 aromatic heterocycles. The van der Waals surface area contributed by atoms with Gasteiger partial charge in [-0.1, -0.05) is 30.3 Å². The monoisotopic (exact) mass is 538 g/mol. The maximum atomic E-state index is 13.2. The van der Waals surface area contributed by atoms with E-state index in [1.165, 1.54) is 0 Å². The summed E-state index contributed by atoms with van der Waals surface area (Å²) in [5.74, 6) is -0.362. The lowest BCUT2D eigenvalue weighted by Crippen LogP contribution is -2.52. The van der Waals surface area contributed by atoms with Crippen molar-refractivity contribution in [2.75, 3.05) is 5.32 Å². The Kier molecular flexibility index (Phi) is 8.88. The number of rotatable bonds is 7. The van der Waals surface area contributed by atoms with Crippen molar-refractivity contribution in [1.29, 1.82) is 0 Å². The van der Waals surface area contributed by atoms with Crippen LogP contribution in [0.2, 0.25) is 0 Å². The summed E-state index contributed by atoms with van der Waals surface area (Å²) in [4.78, 5) is 25.6. The number of alkyl carbamates (subject to hydrolysis) is 1. The van der Waals surface area contributed by atoms with Crippen molar-refractivity contribution < 1.29 is 19.1 Å². The summed E-state index contributed by atoms with van der Waals surface area (Å²) in [7, 11) is 0. The second kappa shape index (κ2) is 10.9. The molecule has 2 aromatic carbocycles. The molecule has 2 N–H and O–H groups in total. The zero-order valence-electron chi connectivity index (χ0n) is 18.9. The van der Waals surface area contributed by atoms with Gasteiger partial charge in [-0.2, -0.15) is 0 Å². The number of anilines is 1. The molecule has 6 nitrogen and oxygen atoms in total. The van der Waals surface area contributed by atoms with Crippen LogP contribution in [0.15, 0.2) is 42.5 Å². The van der Waals surface area contributed by atoms with E-state index in [0.29, 0.717) is 6.61 Å². The van der Waals surface area contributed by atoms with Crippen LogP contribution in [0.3, 0.4) is 0 Å². The Hall–Kier alpha value is -2.13. The van der Waals surface area contributed by atoms with E-state index < -0.39 is 23.8 Å². The second-order valence-corrected chi connectivity index (χ2v) is 9.78. The van der Waals surface area contributed by atoms with E-state index >= 15 is 0 Å². The number of carbonyl (C=O) groups is 2. The van der Waals surface area contributed by atoms with Crippen LogP contribution in [-0.2, 0) is 20.9 Å². The molecule has 2 aromatic rings. The molecule has 0 aliphatic heterocycles. The van der Waals surface area contributed by atoms with Crippen LogP contribution in [0.25, 0.3) is 0 Å². The van der Waals surface area contributed by atoms with Crippen LogP contribution in [0.5, 0.6) is 0 Å². The number of aryl methyl sites for hydroxylation is 2. The lowest BCUT2D eigenvalue weighted by atomic mass is 10.1. The van der Waals surface area contributed by atoms with E-state index in [0.717, 1.165) is 25.9 Å². The minimum atomic E-state index is -0.934. The number of benzene rings is 2. The molecule has 0 fully saturated rings. The predicted molar refractivity (Wildman–Crippen MR) is 131 cm³/mol. The van der Waals surface area contributed by atoms with Crippen LogP contribution in [0.4, 0.5) is 10.5 Å². The predicted octanol–water partition coefficient (Wildman–Crippen LogP) is 5.35. The third-order valence-corrected chi connectivity index (χ3v) is 5.15. The first kappa shape index (κ1) is 25.1. The zero-order valence-corrected chi connectivity index (χ0v) is 21.1. The summed E-state index contributed by atoms with van der Waals surface area (Å²) >= 11 is 2.24. The van der Waals surface area contributed by atoms with Gasteiger partial charge in [-0.25, -0.2) is 4.79 Å². The summed E-state index contributed by atoms with van der Waals surface area (Å²) in [6, 6.07) is 12.7. The van der Waals surface area contributed by atoms with Gasteiger partial charge in [-0.3, -0.25) is 4.79 Å². The molecule has 2 atom stereocenters. The van der Waals surface area contributed by atoms with Crippen LogP contribution in [0, 0.1) is 17.4 Å². The number of hydrogen-bond donors (Lipinski definition) is 2. The minimum absolute atomic E-state index is 0.323. The first-order chi connectivity index (χ1) is 14.5. The van der Waals surface area contributed by atoms with E-state index in [-0.39, 0.29) is 5.91 Å². The average molecular weight is 538 g/mol. The molecule has 0 spiro atoms. The van der Waals surface area contributed by atoms with Crippen molar-refractivity contribution in [3.05, 3.63) is 62.7 Å². The summed E-state index contributed by atoms with van der Waals surface area (Å²) in [6.45, 7) is 11.3. The molecule has 0 unspecified atom stereocenters. The first-order valence-corrected chi connectivity index (χ1v) is 11.3. The van der Waals surface area contributed by atoms with Crippen molar-refractivity contribution in [2.24, 2.45) is 0 Å². The fourth-order valence-electron chi connectivity index (χ4n) is 3.04. The number of nitrogens with one attached hydrogen (secondary N) is 2. The maximum absolute atomic E-state index is 13.2. The minimum Gasteiger partial charge on any atom is -0.444 e. The van der Waals surface area contributed by atoms with Crippen molar-refractivity contribution in [3.8, 4) is 0 Å². The highest BCUT2D eigenvalue weighted by atomic mass is 127. The summed E-state index contributed by atoms with van der Waals surface area (Å²) in [6.07, 6.45) is -1.25. The van der Waals surface area contributed by atoms with Crippen molar-refractivity contribution in [3.63, 3.8) is 0 Å². The van der Waals surface area contributed by atoms with Gasteiger partial charge in [-0.15, -0.1) is 0 Å². The molecular weight excluding hydrogens is 507 g/mol. The summed E-state index contributed by atoms with van der Waals surface area (Å²) < 4.78 is 12.4. The number of ether oxygens (including phenoxy) is 2.